The molecule has 0 atom stereocenters. The summed E-state index contributed by atoms with van der Waals surface area (Å²) in [5.41, 5.74) is 2.21. The monoisotopic (exact) mass is 325 g/mol. The fourth-order valence-electron chi connectivity index (χ4n) is 2.01. The number of hydrogen-bond donors (Lipinski definition) is 4. The third-order valence-corrected chi connectivity index (χ3v) is 3.21. The van der Waals surface area contributed by atoms with Crippen molar-refractivity contribution in [3.05, 3.63) is 66.2 Å². The molecule has 0 radical (unpaired) electrons. The highest BCUT2D eigenvalue weighted by Gasteiger charge is 2.11. The lowest BCUT2D eigenvalue weighted by atomic mass is 10.1. The van der Waals surface area contributed by atoms with E-state index in [1.807, 2.05) is 6.92 Å². The number of aryl methyl sites for hydroxylation is 1. The van der Waals surface area contributed by atoms with Crippen LogP contribution in [0.5, 0.6) is 5.75 Å². The van der Waals surface area contributed by atoms with E-state index in [0.29, 0.717) is 17.9 Å². The summed E-state index contributed by atoms with van der Waals surface area (Å²) in [6, 6.07) is 11.2. The van der Waals surface area contributed by atoms with Gasteiger partial charge in [0.1, 0.15) is 5.75 Å². The molecule has 6 heteroatoms. The van der Waals surface area contributed by atoms with Gasteiger partial charge in [-0.1, -0.05) is 12.1 Å². The number of aromatic hydroxyl groups is 1. The SMILES string of the molecule is C=CCNC(=O)Nc1ccc(NC(=O)c2ccc(C)cc2O)cc1. The van der Waals surface area contributed by atoms with Gasteiger partial charge in [-0.3, -0.25) is 4.79 Å². The molecule has 0 aliphatic heterocycles. The van der Waals surface area contributed by atoms with Gasteiger partial charge >= 0.3 is 6.03 Å². The summed E-state index contributed by atoms with van der Waals surface area (Å²) in [7, 11) is 0. The number of carbonyl (C=O) groups is 2. The number of hydrogen-bond acceptors (Lipinski definition) is 3. The summed E-state index contributed by atoms with van der Waals surface area (Å²) >= 11 is 0. The lowest BCUT2D eigenvalue weighted by molar-refractivity contribution is 0.102. The number of nitrogens with one attached hydrogen (secondary N) is 3. The average Bonchev–Trinajstić information content (AvgIpc) is 2.54. The molecule has 2 rings (SSSR count). The fourth-order valence-corrected chi connectivity index (χ4v) is 2.01. The zero-order valence-corrected chi connectivity index (χ0v) is 13.3. The number of benzene rings is 2. The molecule has 124 valence electrons. The van der Waals surface area contributed by atoms with Crippen molar-refractivity contribution in [1.29, 1.82) is 0 Å². The number of anilines is 2. The van der Waals surface area contributed by atoms with E-state index in [9.17, 15) is 14.7 Å². The van der Waals surface area contributed by atoms with Crippen molar-refractivity contribution < 1.29 is 14.7 Å². The number of phenolic OH excluding ortho intramolecular Hbond substituents is 1. The summed E-state index contributed by atoms with van der Waals surface area (Å²) in [5, 5.41) is 17.8. The van der Waals surface area contributed by atoms with Crippen molar-refractivity contribution in [2.45, 2.75) is 6.92 Å². The van der Waals surface area contributed by atoms with Gasteiger partial charge in [-0.2, -0.15) is 0 Å². The predicted molar refractivity (Wildman–Crippen MR) is 94.5 cm³/mol. The average molecular weight is 325 g/mol. The molecule has 6 nitrogen and oxygen atoms in total. The molecule has 0 fully saturated rings. The van der Waals surface area contributed by atoms with Crippen molar-refractivity contribution in [2.75, 3.05) is 17.2 Å². The Bertz CT molecular complexity index is 755. The van der Waals surface area contributed by atoms with Gasteiger partial charge in [0.15, 0.2) is 0 Å². The minimum atomic E-state index is -0.406. The molecule has 0 aliphatic rings. The highest BCUT2D eigenvalue weighted by molar-refractivity contribution is 6.06. The van der Waals surface area contributed by atoms with E-state index in [0.717, 1.165) is 5.56 Å². The van der Waals surface area contributed by atoms with Gasteiger partial charge in [0, 0.05) is 17.9 Å². The Labute approximate surface area is 140 Å². The fraction of sp³-hybridized carbons (Fsp3) is 0.111. The van der Waals surface area contributed by atoms with Crippen LogP contribution in [0.4, 0.5) is 16.2 Å². The minimum absolute atomic E-state index is 0.0651. The zero-order chi connectivity index (χ0) is 17.5. The van der Waals surface area contributed by atoms with Gasteiger partial charge < -0.3 is 21.1 Å². The highest BCUT2D eigenvalue weighted by atomic mass is 16.3. The summed E-state index contributed by atoms with van der Waals surface area (Å²) in [6.45, 7) is 5.72. The van der Waals surface area contributed by atoms with Crippen molar-refractivity contribution in [2.24, 2.45) is 0 Å². The van der Waals surface area contributed by atoms with Crippen LogP contribution in [0.3, 0.4) is 0 Å². The maximum absolute atomic E-state index is 12.2. The van der Waals surface area contributed by atoms with Crippen LogP contribution in [0.25, 0.3) is 0 Å². The first-order valence-corrected chi connectivity index (χ1v) is 7.36. The molecule has 4 N–H and O–H groups in total. The number of rotatable bonds is 5. The van der Waals surface area contributed by atoms with Crippen LogP contribution >= 0.6 is 0 Å². The van der Waals surface area contributed by atoms with E-state index in [1.165, 1.54) is 6.07 Å². The van der Waals surface area contributed by atoms with Crippen molar-refractivity contribution in [1.82, 2.24) is 5.32 Å². The Balaban J connectivity index is 1.99. The quantitative estimate of drug-likeness (QED) is 0.636. The van der Waals surface area contributed by atoms with Crippen LogP contribution in [-0.2, 0) is 0 Å². The number of urea groups is 1. The predicted octanol–water partition coefficient (Wildman–Crippen LogP) is 3.26. The minimum Gasteiger partial charge on any atom is -0.507 e. The van der Waals surface area contributed by atoms with Gasteiger partial charge in [0.05, 0.1) is 5.56 Å². The largest absolute Gasteiger partial charge is 0.507 e. The Morgan fingerprint density at radius 1 is 1.08 bits per heavy atom. The number of amides is 3. The smallest absolute Gasteiger partial charge is 0.319 e. The third kappa shape index (κ3) is 4.61. The molecule has 0 spiro atoms. The summed E-state index contributed by atoms with van der Waals surface area (Å²) in [4.78, 5) is 23.7. The van der Waals surface area contributed by atoms with Crippen LogP contribution in [0.1, 0.15) is 15.9 Å². The molecular formula is C18H19N3O3. The van der Waals surface area contributed by atoms with Crippen LogP contribution in [0.15, 0.2) is 55.1 Å². The van der Waals surface area contributed by atoms with Crippen molar-refractivity contribution in [3.8, 4) is 5.75 Å². The highest BCUT2D eigenvalue weighted by Crippen LogP contribution is 2.20. The molecule has 0 saturated carbocycles. The summed E-state index contributed by atoms with van der Waals surface area (Å²) in [6.07, 6.45) is 1.58. The Kier molecular flexibility index (Phi) is 5.57. The molecule has 2 aromatic carbocycles. The topological polar surface area (TPSA) is 90.5 Å². The first kappa shape index (κ1) is 17.1. The standard InChI is InChI=1S/C18H19N3O3/c1-3-10-19-18(24)21-14-7-5-13(6-8-14)20-17(23)15-9-4-12(2)11-16(15)22/h3-9,11,22H,1,10H2,2H3,(H,20,23)(H2,19,21,24). The lowest BCUT2D eigenvalue weighted by Crippen LogP contribution is -2.28. The van der Waals surface area contributed by atoms with Gasteiger partial charge in [0.25, 0.3) is 5.91 Å². The van der Waals surface area contributed by atoms with Crippen LogP contribution < -0.4 is 16.0 Å². The summed E-state index contributed by atoms with van der Waals surface area (Å²) < 4.78 is 0. The van der Waals surface area contributed by atoms with Gasteiger partial charge in [-0.05, 0) is 48.9 Å². The molecule has 2 aromatic rings. The second-order valence-electron chi connectivity index (χ2n) is 5.18. The van der Waals surface area contributed by atoms with Crippen molar-refractivity contribution >= 4 is 23.3 Å². The molecule has 0 saturated heterocycles. The maximum Gasteiger partial charge on any atom is 0.319 e. The Hall–Kier alpha value is -3.28. The molecule has 0 aromatic heterocycles. The van der Waals surface area contributed by atoms with Crippen molar-refractivity contribution in [3.63, 3.8) is 0 Å². The molecule has 0 unspecified atom stereocenters. The first-order chi connectivity index (χ1) is 11.5. The summed E-state index contributed by atoms with van der Waals surface area (Å²) in [5.74, 6) is -0.471. The van der Waals surface area contributed by atoms with E-state index in [1.54, 1.807) is 42.5 Å². The van der Waals surface area contributed by atoms with Gasteiger partial charge in [-0.25, -0.2) is 4.79 Å². The number of phenols is 1. The van der Waals surface area contributed by atoms with Crippen LogP contribution in [0.2, 0.25) is 0 Å². The van der Waals surface area contributed by atoms with E-state index in [2.05, 4.69) is 22.5 Å². The third-order valence-electron chi connectivity index (χ3n) is 3.21. The van der Waals surface area contributed by atoms with E-state index in [-0.39, 0.29) is 17.3 Å². The van der Waals surface area contributed by atoms with Gasteiger partial charge in [-0.15, -0.1) is 6.58 Å². The first-order valence-electron chi connectivity index (χ1n) is 7.36. The number of carbonyl (C=O) groups excluding carboxylic acids is 2. The molecule has 0 heterocycles. The van der Waals surface area contributed by atoms with E-state index < -0.39 is 5.91 Å². The molecule has 0 aliphatic carbocycles. The lowest BCUT2D eigenvalue weighted by Gasteiger charge is -2.09. The normalized spacial score (nSPS) is 9.88. The second kappa shape index (κ2) is 7.82. The molecule has 3 amide bonds. The Morgan fingerprint density at radius 2 is 1.71 bits per heavy atom. The molecule has 24 heavy (non-hydrogen) atoms. The van der Waals surface area contributed by atoms with E-state index in [4.69, 9.17) is 0 Å². The zero-order valence-electron chi connectivity index (χ0n) is 13.3. The Morgan fingerprint density at radius 3 is 2.29 bits per heavy atom. The molecular weight excluding hydrogens is 306 g/mol. The van der Waals surface area contributed by atoms with Crippen LogP contribution in [-0.4, -0.2) is 23.6 Å². The molecule has 0 bridgehead atoms. The van der Waals surface area contributed by atoms with Gasteiger partial charge in [0.2, 0.25) is 0 Å². The van der Waals surface area contributed by atoms with E-state index >= 15 is 0 Å². The maximum atomic E-state index is 12.2. The van der Waals surface area contributed by atoms with Crippen LogP contribution in [0, 0.1) is 6.92 Å². The second-order valence-corrected chi connectivity index (χ2v) is 5.18.